The van der Waals surface area contributed by atoms with Crippen LogP contribution < -0.4 is 26.2 Å². The van der Waals surface area contributed by atoms with Gasteiger partial charge in [0.25, 0.3) is 6.71 Å². The molecule has 3 heterocycles. The Bertz CT molecular complexity index is 3060. The zero-order valence-electron chi connectivity index (χ0n) is 37.4. The fourth-order valence-electron chi connectivity index (χ4n) is 9.94. The van der Waals surface area contributed by atoms with Gasteiger partial charge in [0.2, 0.25) is 0 Å². The minimum atomic E-state index is -0.126. The van der Waals surface area contributed by atoms with Crippen LogP contribution in [0.15, 0.2) is 132 Å². The van der Waals surface area contributed by atoms with Gasteiger partial charge in [0.05, 0.1) is 5.69 Å². The largest absolute Gasteiger partial charge is 0.455 e. The molecule has 0 N–H and O–H groups in total. The molecule has 0 bridgehead atoms. The number of fused-ring (bicyclic) bond motifs is 7. The van der Waals surface area contributed by atoms with Crippen LogP contribution in [0.4, 0.5) is 34.1 Å². The first-order chi connectivity index (χ1) is 28.9. The number of rotatable bonds is 3. The lowest BCUT2D eigenvalue weighted by molar-refractivity contribution is 0.589. The van der Waals surface area contributed by atoms with Crippen LogP contribution in [0.25, 0.3) is 33.1 Å². The third-order valence-electron chi connectivity index (χ3n) is 13.2. The van der Waals surface area contributed by atoms with Crippen molar-refractivity contribution >= 4 is 90.8 Å². The fraction of sp³-hybridized carbons (Fsp3) is 0.250. The second kappa shape index (κ2) is 13.6. The van der Waals surface area contributed by atoms with E-state index in [0.717, 1.165) is 49.5 Å². The lowest BCUT2D eigenvalue weighted by Crippen LogP contribution is -2.61. The summed E-state index contributed by atoms with van der Waals surface area (Å²) in [7, 11) is 0. The van der Waals surface area contributed by atoms with Crippen molar-refractivity contribution in [3.63, 3.8) is 0 Å². The molecule has 2 aliphatic heterocycles. The molecule has 1 aromatic heterocycles. The van der Waals surface area contributed by atoms with Crippen molar-refractivity contribution in [2.75, 3.05) is 9.80 Å². The van der Waals surface area contributed by atoms with Gasteiger partial charge in [-0.05, 0) is 141 Å². The van der Waals surface area contributed by atoms with Crippen molar-refractivity contribution in [3.05, 3.63) is 160 Å². The minimum Gasteiger partial charge on any atom is -0.455 e. The molecule has 0 atom stereocenters. The molecule has 0 saturated carbocycles. The van der Waals surface area contributed by atoms with E-state index in [1.54, 1.807) is 0 Å². The van der Waals surface area contributed by atoms with Crippen LogP contribution in [-0.4, -0.2) is 6.71 Å². The molecule has 61 heavy (non-hydrogen) atoms. The van der Waals surface area contributed by atoms with Crippen LogP contribution in [0.1, 0.15) is 90.1 Å². The summed E-state index contributed by atoms with van der Waals surface area (Å²) < 4.78 is 6.56. The molecular weight excluding hydrogens is 763 g/mol. The Labute approximate surface area is 367 Å². The molecule has 3 nitrogen and oxygen atoms in total. The first-order valence-electron chi connectivity index (χ1n) is 21.7. The summed E-state index contributed by atoms with van der Waals surface area (Å²) in [4.78, 5) is 5.07. The van der Waals surface area contributed by atoms with Gasteiger partial charge in [0.1, 0.15) is 11.2 Å². The van der Waals surface area contributed by atoms with Crippen molar-refractivity contribution in [3.8, 4) is 11.1 Å². The van der Waals surface area contributed by atoms with E-state index in [9.17, 15) is 0 Å². The highest BCUT2D eigenvalue weighted by Gasteiger charge is 2.45. The van der Waals surface area contributed by atoms with Gasteiger partial charge in [-0.3, -0.25) is 0 Å². The highest BCUT2D eigenvalue weighted by Crippen LogP contribution is 2.49. The second-order valence-corrected chi connectivity index (χ2v) is 21.0. The summed E-state index contributed by atoms with van der Waals surface area (Å²) in [5.41, 5.74) is 21.2. The quantitative estimate of drug-likeness (QED) is 0.166. The first-order valence-corrected chi connectivity index (χ1v) is 22.1. The molecule has 0 unspecified atom stereocenters. The van der Waals surface area contributed by atoms with E-state index in [1.165, 1.54) is 67.0 Å². The summed E-state index contributed by atoms with van der Waals surface area (Å²) in [6.07, 6.45) is 0. The summed E-state index contributed by atoms with van der Waals surface area (Å²) in [5.74, 6) is 0. The average Bonchev–Trinajstić information content (AvgIpc) is 3.59. The molecule has 0 radical (unpaired) electrons. The normalized spacial score (nSPS) is 13.8. The Morgan fingerprint density at radius 2 is 1.13 bits per heavy atom. The van der Waals surface area contributed by atoms with Gasteiger partial charge in [0, 0.05) is 49.8 Å². The Morgan fingerprint density at radius 1 is 0.508 bits per heavy atom. The van der Waals surface area contributed by atoms with Gasteiger partial charge in [-0.2, -0.15) is 0 Å². The van der Waals surface area contributed by atoms with E-state index in [4.69, 9.17) is 16.0 Å². The van der Waals surface area contributed by atoms with E-state index in [2.05, 4.69) is 207 Å². The van der Waals surface area contributed by atoms with Crippen LogP contribution >= 0.6 is 11.6 Å². The molecule has 10 rings (SSSR count). The second-order valence-electron chi connectivity index (χ2n) is 20.5. The van der Waals surface area contributed by atoms with Crippen LogP contribution in [0, 0.1) is 13.8 Å². The minimum absolute atomic E-state index is 0.00416. The maximum absolute atomic E-state index is 7.06. The molecule has 2 aliphatic rings. The number of nitrogens with zero attached hydrogens (tertiary/aromatic N) is 2. The van der Waals surface area contributed by atoms with Crippen molar-refractivity contribution in [2.24, 2.45) is 0 Å². The maximum atomic E-state index is 7.06. The van der Waals surface area contributed by atoms with Gasteiger partial charge < -0.3 is 14.2 Å². The third kappa shape index (κ3) is 6.32. The number of aryl methyl sites for hydroxylation is 2. The lowest BCUT2D eigenvalue weighted by atomic mass is 9.33. The number of hydrogen-bond donors (Lipinski definition) is 0. The molecule has 0 spiro atoms. The van der Waals surface area contributed by atoms with E-state index < -0.39 is 0 Å². The van der Waals surface area contributed by atoms with Crippen molar-refractivity contribution < 1.29 is 4.42 Å². The Kier molecular flexibility index (Phi) is 8.82. The number of benzene rings is 7. The predicted octanol–water partition coefficient (Wildman–Crippen LogP) is 14.5. The van der Waals surface area contributed by atoms with Gasteiger partial charge in [-0.1, -0.05) is 141 Å². The number of anilines is 6. The first kappa shape index (κ1) is 39.4. The smallest absolute Gasteiger partial charge is 0.252 e. The number of para-hydroxylation sites is 2. The van der Waals surface area contributed by atoms with Crippen LogP contribution in [0.3, 0.4) is 0 Å². The zero-order chi connectivity index (χ0) is 42.9. The fourth-order valence-corrected chi connectivity index (χ4v) is 10.1. The maximum Gasteiger partial charge on any atom is 0.252 e. The van der Waals surface area contributed by atoms with Crippen molar-refractivity contribution in [2.45, 2.75) is 92.4 Å². The zero-order valence-corrected chi connectivity index (χ0v) is 38.1. The number of hydrogen-bond acceptors (Lipinski definition) is 3. The van der Waals surface area contributed by atoms with Crippen LogP contribution in [-0.2, 0) is 16.2 Å². The van der Waals surface area contributed by atoms with Gasteiger partial charge in [0.15, 0.2) is 0 Å². The molecule has 0 amide bonds. The van der Waals surface area contributed by atoms with Crippen LogP contribution in [0.5, 0.6) is 0 Å². The van der Waals surface area contributed by atoms with E-state index in [1.807, 2.05) is 6.07 Å². The molecule has 0 saturated heterocycles. The molecule has 7 aromatic carbocycles. The molecule has 5 heteroatoms. The van der Waals surface area contributed by atoms with Crippen LogP contribution in [0.2, 0.25) is 5.02 Å². The van der Waals surface area contributed by atoms with E-state index in [-0.39, 0.29) is 23.0 Å². The van der Waals surface area contributed by atoms with E-state index in [0.29, 0.717) is 0 Å². The number of furan rings is 1. The molecule has 0 fully saturated rings. The molecule has 0 aliphatic carbocycles. The van der Waals surface area contributed by atoms with Crippen molar-refractivity contribution in [1.29, 1.82) is 0 Å². The van der Waals surface area contributed by atoms with Gasteiger partial charge >= 0.3 is 0 Å². The Morgan fingerprint density at radius 3 is 1.80 bits per heavy atom. The van der Waals surface area contributed by atoms with Crippen molar-refractivity contribution in [1.82, 2.24) is 0 Å². The number of halogens is 1. The third-order valence-corrected chi connectivity index (χ3v) is 13.4. The van der Waals surface area contributed by atoms with Gasteiger partial charge in [-0.25, -0.2) is 0 Å². The average molecular weight is 817 g/mol. The Hall–Kier alpha value is -5.71. The summed E-state index contributed by atoms with van der Waals surface area (Å²) in [5, 5.41) is 3.00. The van der Waals surface area contributed by atoms with E-state index >= 15 is 0 Å². The summed E-state index contributed by atoms with van der Waals surface area (Å²) >= 11 is 7.06. The highest BCUT2D eigenvalue weighted by atomic mass is 35.5. The summed E-state index contributed by atoms with van der Waals surface area (Å²) in [6.45, 7) is 25.3. The monoisotopic (exact) mass is 816 g/mol. The topological polar surface area (TPSA) is 19.6 Å². The Balaban J connectivity index is 1.26. The molecular formula is C56H54BClN2O. The van der Waals surface area contributed by atoms with Gasteiger partial charge in [-0.15, -0.1) is 0 Å². The standard InChI is InChI=1S/C56H54BClN2O/c1-33-27-35(41-16-14-17-43-42-15-12-13-18-50(42)61-53(41)43)28-34(2)52(33)60-47-32-39(58)22-25-44(47)57-45-29-37(55(6,7)8)21-26-46(45)59(40-23-19-36(20-24-40)54(3,4)5)48-30-38(56(9,10)11)31-49(60)51(48)57/h12-32H,1-11H3. The highest BCUT2D eigenvalue weighted by molar-refractivity contribution is 7.00. The molecule has 304 valence electrons. The molecule has 8 aromatic rings. The SMILES string of the molecule is Cc1cc(-c2cccc3c2oc2ccccc23)cc(C)c1N1c2cc(Cl)ccc2B2c3cc(C(C)(C)C)ccc3N(c3ccc(C(C)(C)C)cc3)c3cc(C(C)(C)C)cc1c32. The predicted molar refractivity (Wildman–Crippen MR) is 264 cm³/mol. The lowest BCUT2D eigenvalue weighted by Gasteiger charge is -2.46. The summed E-state index contributed by atoms with van der Waals surface area (Å²) in [6, 6.07) is 47.5.